The fourth-order valence-electron chi connectivity index (χ4n) is 3.23. The van der Waals surface area contributed by atoms with Gasteiger partial charge in [0.15, 0.2) is 0 Å². The number of hydrogen-bond donors (Lipinski definition) is 1. The zero-order valence-electron chi connectivity index (χ0n) is 16.4. The van der Waals surface area contributed by atoms with Gasteiger partial charge in [0.05, 0.1) is 0 Å². The summed E-state index contributed by atoms with van der Waals surface area (Å²) in [5.74, 6) is 0.0707. The Morgan fingerprint density at radius 2 is 1.43 bits per heavy atom. The third-order valence-electron chi connectivity index (χ3n) is 4.67. The molecule has 0 spiro atoms. The fraction of sp³-hybridized carbons (Fsp3) is 0.160. The second kappa shape index (κ2) is 10.9. The normalized spacial score (nSPS) is 11.2. The molecule has 0 saturated carbocycles. The van der Waals surface area contributed by atoms with Crippen molar-refractivity contribution < 1.29 is 18.3 Å². The van der Waals surface area contributed by atoms with Crippen molar-refractivity contribution in [3.05, 3.63) is 108 Å². The summed E-state index contributed by atoms with van der Waals surface area (Å²) in [5, 5.41) is 2.91. The van der Waals surface area contributed by atoms with E-state index in [9.17, 15) is 13.6 Å². The van der Waals surface area contributed by atoms with Crippen molar-refractivity contribution >= 4 is 12.0 Å². The molecule has 154 valence electrons. The average Bonchev–Trinajstić information content (AvgIpc) is 2.77. The molecule has 0 radical (unpaired) electrons. The summed E-state index contributed by atoms with van der Waals surface area (Å²) in [4.78, 5) is 12.2. The van der Waals surface area contributed by atoms with Gasteiger partial charge in [-0.1, -0.05) is 72.8 Å². The molecule has 0 heterocycles. The third kappa shape index (κ3) is 6.55. The van der Waals surface area contributed by atoms with E-state index in [2.05, 4.69) is 34.3 Å². The zero-order valence-corrected chi connectivity index (χ0v) is 16.4. The Morgan fingerprint density at radius 1 is 0.867 bits per heavy atom. The highest BCUT2D eigenvalue weighted by Crippen LogP contribution is 2.27. The molecule has 5 heteroatoms. The van der Waals surface area contributed by atoms with Crippen molar-refractivity contribution in [1.82, 2.24) is 5.32 Å². The molecular weight excluding hydrogens is 384 g/mol. The minimum atomic E-state index is -2.85. The van der Waals surface area contributed by atoms with Crippen molar-refractivity contribution in [2.45, 2.75) is 19.0 Å². The number of halogens is 2. The van der Waals surface area contributed by atoms with Gasteiger partial charge >= 0.3 is 6.61 Å². The standard InChI is InChI=1S/C25H23F2NO2/c26-25(27)30-22-14-11-19(12-15-22)13-16-24(29)28-18-17-23(20-7-3-1-4-8-20)21-9-5-2-6-10-21/h1-16,23,25H,17-18H2,(H,28,29)/b16-13+. The molecule has 0 fully saturated rings. The second-order valence-corrected chi connectivity index (χ2v) is 6.73. The van der Waals surface area contributed by atoms with Crippen LogP contribution in [0.2, 0.25) is 0 Å². The monoisotopic (exact) mass is 407 g/mol. The van der Waals surface area contributed by atoms with E-state index in [4.69, 9.17) is 0 Å². The molecule has 0 aliphatic heterocycles. The summed E-state index contributed by atoms with van der Waals surface area (Å²) < 4.78 is 28.7. The van der Waals surface area contributed by atoms with E-state index in [0.29, 0.717) is 6.54 Å². The molecule has 0 aliphatic rings. The molecule has 0 saturated heterocycles. The van der Waals surface area contributed by atoms with Gasteiger partial charge in [0.25, 0.3) is 0 Å². The van der Waals surface area contributed by atoms with Gasteiger partial charge in [-0.2, -0.15) is 8.78 Å². The minimum absolute atomic E-state index is 0.0828. The lowest BCUT2D eigenvalue weighted by Crippen LogP contribution is -2.23. The number of nitrogens with one attached hydrogen (secondary N) is 1. The van der Waals surface area contributed by atoms with E-state index in [1.165, 1.54) is 29.3 Å². The topological polar surface area (TPSA) is 38.3 Å². The Kier molecular flexibility index (Phi) is 7.72. The number of rotatable bonds is 9. The summed E-state index contributed by atoms with van der Waals surface area (Å²) in [6, 6.07) is 26.5. The number of carbonyl (C=O) groups is 1. The summed E-state index contributed by atoms with van der Waals surface area (Å²) in [7, 11) is 0. The van der Waals surface area contributed by atoms with Crippen molar-refractivity contribution in [3.63, 3.8) is 0 Å². The first-order chi connectivity index (χ1) is 14.6. The van der Waals surface area contributed by atoms with Crippen LogP contribution >= 0.6 is 0 Å². The Hall–Kier alpha value is -3.47. The van der Waals surface area contributed by atoms with Crippen LogP contribution in [0.25, 0.3) is 6.08 Å². The maximum Gasteiger partial charge on any atom is 0.387 e. The van der Waals surface area contributed by atoms with E-state index >= 15 is 0 Å². The van der Waals surface area contributed by atoms with Crippen LogP contribution in [-0.4, -0.2) is 19.1 Å². The largest absolute Gasteiger partial charge is 0.435 e. The maximum atomic E-state index is 12.2. The quantitative estimate of drug-likeness (QED) is 0.466. The molecule has 1 N–H and O–H groups in total. The van der Waals surface area contributed by atoms with Crippen LogP contribution in [0, 0.1) is 0 Å². The Bertz CT molecular complexity index is 902. The van der Waals surface area contributed by atoms with Gasteiger partial charge in [-0.25, -0.2) is 0 Å². The molecule has 0 unspecified atom stereocenters. The lowest BCUT2D eigenvalue weighted by molar-refractivity contribution is -0.116. The van der Waals surface area contributed by atoms with Gasteiger partial charge < -0.3 is 10.1 Å². The van der Waals surface area contributed by atoms with Gasteiger partial charge in [-0.05, 0) is 41.3 Å². The molecule has 0 bridgehead atoms. The second-order valence-electron chi connectivity index (χ2n) is 6.73. The van der Waals surface area contributed by atoms with Crippen molar-refractivity contribution in [2.75, 3.05) is 6.54 Å². The minimum Gasteiger partial charge on any atom is -0.435 e. The van der Waals surface area contributed by atoms with E-state index in [-0.39, 0.29) is 17.6 Å². The van der Waals surface area contributed by atoms with Gasteiger partial charge in [0.1, 0.15) is 5.75 Å². The fourth-order valence-corrected chi connectivity index (χ4v) is 3.23. The third-order valence-corrected chi connectivity index (χ3v) is 4.67. The van der Waals surface area contributed by atoms with Crippen molar-refractivity contribution in [3.8, 4) is 5.75 Å². The van der Waals surface area contributed by atoms with Crippen LogP contribution in [0.5, 0.6) is 5.75 Å². The maximum absolute atomic E-state index is 12.2. The van der Waals surface area contributed by atoms with Gasteiger partial charge in [0, 0.05) is 18.5 Å². The summed E-state index contributed by atoms with van der Waals surface area (Å²) >= 11 is 0. The van der Waals surface area contributed by atoms with Crippen LogP contribution in [-0.2, 0) is 4.79 Å². The number of benzene rings is 3. The number of amides is 1. The molecule has 3 rings (SSSR count). The van der Waals surface area contributed by atoms with Gasteiger partial charge in [-0.3, -0.25) is 4.79 Å². The summed E-state index contributed by atoms with van der Waals surface area (Å²) in [5.41, 5.74) is 3.14. The van der Waals surface area contributed by atoms with E-state index < -0.39 is 6.61 Å². The molecule has 3 nitrogen and oxygen atoms in total. The number of alkyl halides is 2. The summed E-state index contributed by atoms with van der Waals surface area (Å²) in [6.07, 6.45) is 3.84. The molecule has 3 aromatic carbocycles. The van der Waals surface area contributed by atoms with Gasteiger partial charge in [0.2, 0.25) is 5.91 Å². The SMILES string of the molecule is O=C(/C=C/c1ccc(OC(F)F)cc1)NCCC(c1ccccc1)c1ccccc1. The Morgan fingerprint density at radius 3 is 1.97 bits per heavy atom. The highest BCUT2D eigenvalue weighted by molar-refractivity contribution is 5.91. The number of ether oxygens (including phenoxy) is 1. The zero-order chi connectivity index (χ0) is 21.2. The first kappa shape index (κ1) is 21.2. The van der Waals surface area contributed by atoms with Crippen LogP contribution in [0.15, 0.2) is 91.0 Å². The predicted molar refractivity (Wildman–Crippen MR) is 114 cm³/mol. The summed E-state index contributed by atoms with van der Waals surface area (Å²) in [6.45, 7) is -2.33. The Balaban J connectivity index is 1.55. The first-order valence-electron chi connectivity index (χ1n) is 9.72. The van der Waals surface area contributed by atoms with E-state index in [0.717, 1.165) is 12.0 Å². The average molecular weight is 407 g/mol. The highest BCUT2D eigenvalue weighted by atomic mass is 19.3. The molecule has 1 amide bonds. The van der Waals surface area contributed by atoms with Gasteiger partial charge in [-0.15, -0.1) is 0 Å². The number of hydrogen-bond acceptors (Lipinski definition) is 2. The molecular formula is C25H23F2NO2. The predicted octanol–water partition coefficient (Wildman–Crippen LogP) is 5.64. The van der Waals surface area contributed by atoms with Crippen LogP contribution in [0.1, 0.15) is 29.0 Å². The smallest absolute Gasteiger partial charge is 0.387 e. The molecule has 0 aliphatic carbocycles. The van der Waals surface area contributed by atoms with Crippen molar-refractivity contribution in [1.29, 1.82) is 0 Å². The molecule has 0 aromatic heterocycles. The molecule has 3 aromatic rings. The van der Waals surface area contributed by atoms with E-state index in [1.807, 2.05) is 36.4 Å². The highest BCUT2D eigenvalue weighted by Gasteiger charge is 2.13. The lowest BCUT2D eigenvalue weighted by Gasteiger charge is -2.18. The van der Waals surface area contributed by atoms with Crippen molar-refractivity contribution in [2.24, 2.45) is 0 Å². The van der Waals surface area contributed by atoms with Crippen LogP contribution in [0.3, 0.4) is 0 Å². The Labute approximate surface area is 175 Å². The first-order valence-corrected chi connectivity index (χ1v) is 9.72. The van der Waals surface area contributed by atoms with Crippen LogP contribution in [0.4, 0.5) is 8.78 Å². The lowest BCUT2D eigenvalue weighted by atomic mass is 9.88. The number of carbonyl (C=O) groups excluding carboxylic acids is 1. The van der Waals surface area contributed by atoms with Crippen LogP contribution < -0.4 is 10.1 Å². The molecule has 0 atom stereocenters. The van der Waals surface area contributed by atoms with E-state index in [1.54, 1.807) is 18.2 Å². The molecule has 30 heavy (non-hydrogen) atoms.